The highest BCUT2D eigenvalue weighted by Crippen LogP contribution is 2.31. The summed E-state index contributed by atoms with van der Waals surface area (Å²) in [7, 11) is 0. The lowest BCUT2D eigenvalue weighted by molar-refractivity contribution is -0.117. The van der Waals surface area contributed by atoms with Gasteiger partial charge in [0.05, 0.1) is 12.2 Å². The Bertz CT molecular complexity index is 487. The molecule has 0 bridgehead atoms. The number of piperidine rings is 1. The predicted molar refractivity (Wildman–Crippen MR) is 87.9 cm³/mol. The summed E-state index contributed by atoms with van der Waals surface area (Å²) in [5.41, 5.74) is 0. The lowest BCUT2D eigenvalue weighted by atomic mass is 10.1. The van der Waals surface area contributed by atoms with Crippen molar-refractivity contribution in [2.45, 2.75) is 70.4 Å². The third-order valence-electron chi connectivity index (χ3n) is 5.10. The van der Waals surface area contributed by atoms with Gasteiger partial charge in [-0.15, -0.1) is 0 Å². The topological polar surface area (TPSA) is 50.2 Å². The Morgan fingerprint density at radius 3 is 2.73 bits per heavy atom. The molecule has 122 valence electrons. The van der Waals surface area contributed by atoms with Crippen LogP contribution in [0.1, 0.15) is 64.3 Å². The fourth-order valence-corrected chi connectivity index (χ4v) is 3.80. The molecule has 1 aliphatic heterocycles. The molecule has 1 amide bonds. The number of likely N-dealkylation sites (tertiary alicyclic amines) is 1. The lowest BCUT2D eigenvalue weighted by Crippen LogP contribution is -2.39. The second-order valence-corrected chi connectivity index (χ2v) is 6.80. The summed E-state index contributed by atoms with van der Waals surface area (Å²) >= 11 is 0. The SMILES string of the molecule is CC(CC(=O)Nc1ccnn1C1CCCC1)N1CCCCC1. The van der Waals surface area contributed by atoms with Crippen molar-refractivity contribution in [1.82, 2.24) is 14.7 Å². The lowest BCUT2D eigenvalue weighted by Gasteiger charge is -2.32. The quantitative estimate of drug-likeness (QED) is 0.909. The Morgan fingerprint density at radius 1 is 1.27 bits per heavy atom. The van der Waals surface area contributed by atoms with Crippen LogP contribution in [0.4, 0.5) is 5.82 Å². The molecule has 1 N–H and O–H groups in total. The van der Waals surface area contributed by atoms with Crippen LogP contribution >= 0.6 is 0 Å². The first kappa shape index (κ1) is 15.5. The molecule has 1 saturated carbocycles. The van der Waals surface area contributed by atoms with E-state index in [2.05, 4.69) is 22.2 Å². The number of rotatable bonds is 5. The van der Waals surface area contributed by atoms with Gasteiger partial charge < -0.3 is 10.2 Å². The van der Waals surface area contributed by atoms with Crippen LogP contribution in [0.15, 0.2) is 12.3 Å². The van der Waals surface area contributed by atoms with E-state index in [1.54, 1.807) is 6.20 Å². The van der Waals surface area contributed by atoms with Crippen LogP contribution in [-0.2, 0) is 4.79 Å². The highest BCUT2D eigenvalue weighted by Gasteiger charge is 2.22. The fraction of sp³-hybridized carbons (Fsp3) is 0.765. The van der Waals surface area contributed by atoms with Crippen LogP contribution in [0, 0.1) is 0 Å². The van der Waals surface area contributed by atoms with Crippen LogP contribution in [-0.4, -0.2) is 39.7 Å². The van der Waals surface area contributed by atoms with Gasteiger partial charge in [-0.05, 0) is 45.7 Å². The van der Waals surface area contributed by atoms with Crippen molar-refractivity contribution in [3.63, 3.8) is 0 Å². The van der Waals surface area contributed by atoms with Crippen molar-refractivity contribution < 1.29 is 4.79 Å². The number of nitrogens with zero attached hydrogens (tertiary/aromatic N) is 3. The highest BCUT2D eigenvalue weighted by atomic mass is 16.1. The molecule has 1 atom stereocenters. The van der Waals surface area contributed by atoms with E-state index < -0.39 is 0 Å². The van der Waals surface area contributed by atoms with Gasteiger partial charge in [-0.3, -0.25) is 4.79 Å². The smallest absolute Gasteiger partial charge is 0.227 e. The molecule has 5 heteroatoms. The van der Waals surface area contributed by atoms with E-state index >= 15 is 0 Å². The zero-order valence-electron chi connectivity index (χ0n) is 13.6. The molecule has 1 aromatic heterocycles. The molecule has 5 nitrogen and oxygen atoms in total. The Hall–Kier alpha value is -1.36. The molecule has 1 saturated heterocycles. The normalized spacial score (nSPS) is 21.9. The van der Waals surface area contributed by atoms with Gasteiger partial charge in [0.2, 0.25) is 5.91 Å². The third kappa shape index (κ3) is 3.69. The van der Waals surface area contributed by atoms with Gasteiger partial charge in [-0.1, -0.05) is 19.3 Å². The molecule has 0 aromatic carbocycles. The second kappa shape index (κ2) is 7.27. The van der Waals surface area contributed by atoms with Crippen LogP contribution < -0.4 is 5.32 Å². The maximum absolute atomic E-state index is 12.4. The summed E-state index contributed by atoms with van der Waals surface area (Å²) in [6, 6.07) is 2.70. The van der Waals surface area contributed by atoms with E-state index in [0.717, 1.165) is 18.9 Å². The number of aromatic nitrogens is 2. The molecule has 3 rings (SSSR count). The molecular weight excluding hydrogens is 276 g/mol. The van der Waals surface area contributed by atoms with E-state index in [4.69, 9.17) is 0 Å². The van der Waals surface area contributed by atoms with Gasteiger partial charge in [-0.25, -0.2) is 4.68 Å². The number of anilines is 1. The molecule has 1 unspecified atom stereocenters. The van der Waals surface area contributed by atoms with E-state index in [1.165, 1.54) is 44.9 Å². The number of amides is 1. The Morgan fingerprint density at radius 2 is 2.00 bits per heavy atom. The van der Waals surface area contributed by atoms with E-state index in [1.807, 2.05) is 10.7 Å². The molecule has 1 aromatic rings. The molecule has 2 heterocycles. The van der Waals surface area contributed by atoms with Gasteiger partial charge in [0.1, 0.15) is 5.82 Å². The summed E-state index contributed by atoms with van der Waals surface area (Å²) in [5, 5.41) is 7.48. The molecule has 2 aliphatic rings. The third-order valence-corrected chi connectivity index (χ3v) is 5.10. The van der Waals surface area contributed by atoms with Crippen LogP contribution in [0.2, 0.25) is 0 Å². The van der Waals surface area contributed by atoms with Gasteiger partial charge in [-0.2, -0.15) is 5.10 Å². The molecular formula is C17H28N4O. The largest absolute Gasteiger partial charge is 0.311 e. The summed E-state index contributed by atoms with van der Waals surface area (Å²) in [5.74, 6) is 0.973. The summed E-state index contributed by atoms with van der Waals surface area (Å²) in [6.07, 6.45) is 11.1. The molecule has 0 radical (unpaired) electrons. The standard InChI is InChI=1S/C17H28N4O/c1-14(20-11-5-2-6-12-20)13-17(22)19-16-9-10-18-21(16)15-7-3-4-8-15/h9-10,14-15H,2-8,11-13H2,1H3,(H,19,22). The summed E-state index contributed by atoms with van der Waals surface area (Å²) in [4.78, 5) is 14.8. The monoisotopic (exact) mass is 304 g/mol. The minimum atomic E-state index is 0.109. The Kier molecular flexibility index (Phi) is 5.13. The van der Waals surface area contributed by atoms with Crippen LogP contribution in [0.3, 0.4) is 0 Å². The van der Waals surface area contributed by atoms with Crippen LogP contribution in [0.25, 0.3) is 0 Å². The number of hydrogen-bond acceptors (Lipinski definition) is 3. The second-order valence-electron chi connectivity index (χ2n) is 6.80. The number of nitrogens with one attached hydrogen (secondary N) is 1. The molecule has 0 spiro atoms. The summed E-state index contributed by atoms with van der Waals surface area (Å²) < 4.78 is 2.01. The van der Waals surface area contributed by atoms with E-state index in [9.17, 15) is 4.79 Å². The van der Waals surface area contributed by atoms with Crippen molar-refractivity contribution >= 4 is 11.7 Å². The number of carbonyl (C=O) groups is 1. The fourth-order valence-electron chi connectivity index (χ4n) is 3.80. The molecule has 22 heavy (non-hydrogen) atoms. The minimum absolute atomic E-state index is 0.109. The van der Waals surface area contributed by atoms with Crippen molar-refractivity contribution in [2.24, 2.45) is 0 Å². The first-order valence-electron chi connectivity index (χ1n) is 8.81. The molecule has 2 fully saturated rings. The number of carbonyl (C=O) groups excluding carboxylic acids is 1. The maximum Gasteiger partial charge on any atom is 0.227 e. The zero-order chi connectivity index (χ0) is 15.4. The average molecular weight is 304 g/mol. The first-order valence-corrected chi connectivity index (χ1v) is 8.81. The predicted octanol–water partition coefficient (Wildman–Crippen LogP) is 3.20. The van der Waals surface area contributed by atoms with Crippen LogP contribution in [0.5, 0.6) is 0 Å². The van der Waals surface area contributed by atoms with Gasteiger partial charge in [0.25, 0.3) is 0 Å². The van der Waals surface area contributed by atoms with Crippen molar-refractivity contribution in [3.8, 4) is 0 Å². The first-order chi connectivity index (χ1) is 10.7. The van der Waals surface area contributed by atoms with Crippen molar-refractivity contribution in [2.75, 3.05) is 18.4 Å². The molecule has 1 aliphatic carbocycles. The zero-order valence-corrected chi connectivity index (χ0v) is 13.6. The van der Waals surface area contributed by atoms with Gasteiger partial charge in [0, 0.05) is 18.5 Å². The van der Waals surface area contributed by atoms with Gasteiger partial charge in [0.15, 0.2) is 0 Å². The highest BCUT2D eigenvalue weighted by molar-refractivity contribution is 5.90. The average Bonchev–Trinajstić information content (AvgIpc) is 3.18. The van der Waals surface area contributed by atoms with E-state index in [-0.39, 0.29) is 5.91 Å². The Balaban J connectivity index is 1.54. The van der Waals surface area contributed by atoms with E-state index in [0.29, 0.717) is 18.5 Å². The van der Waals surface area contributed by atoms with Gasteiger partial charge >= 0.3 is 0 Å². The minimum Gasteiger partial charge on any atom is -0.311 e. The maximum atomic E-state index is 12.4. The van der Waals surface area contributed by atoms with Crippen molar-refractivity contribution in [3.05, 3.63) is 12.3 Å². The Labute approximate surface area is 133 Å². The summed E-state index contributed by atoms with van der Waals surface area (Å²) in [6.45, 7) is 4.43. The van der Waals surface area contributed by atoms with Crippen molar-refractivity contribution in [1.29, 1.82) is 0 Å². The number of hydrogen-bond donors (Lipinski definition) is 1.